The van der Waals surface area contributed by atoms with Gasteiger partial charge in [-0.2, -0.15) is 0 Å². The fourth-order valence-electron chi connectivity index (χ4n) is 1.72. The standard InChI is InChI=1S/C14H12N4S/c1-10-8-19-14(17-10)18-12-4-2-11(3-5-12)13-6-7-15-9-16-13/h2-9H,1H3,(H,17,18). The highest BCUT2D eigenvalue weighted by molar-refractivity contribution is 7.13. The zero-order chi connectivity index (χ0) is 13.1. The molecule has 0 saturated heterocycles. The van der Waals surface area contributed by atoms with Gasteiger partial charge in [0.05, 0.1) is 11.4 Å². The summed E-state index contributed by atoms with van der Waals surface area (Å²) in [6.07, 6.45) is 3.30. The first-order chi connectivity index (χ1) is 9.31. The molecule has 0 amide bonds. The van der Waals surface area contributed by atoms with E-state index in [1.807, 2.05) is 42.6 Å². The average molecular weight is 268 g/mol. The molecule has 0 fully saturated rings. The summed E-state index contributed by atoms with van der Waals surface area (Å²) in [5.74, 6) is 0. The maximum atomic E-state index is 4.37. The Labute approximate surface area is 115 Å². The van der Waals surface area contributed by atoms with Crippen molar-refractivity contribution in [1.82, 2.24) is 15.0 Å². The fraction of sp³-hybridized carbons (Fsp3) is 0.0714. The Morgan fingerprint density at radius 3 is 2.58 bits per heavy atom. The Kier molecular flexibility index (Phi) is 3.20. The van der Waals surface area contributed by atoms with Crippen LogP contribution >= 0.6 is 11.3 Å². The molecule has 0 aliphatic carbocycles. The van der Waals surface area contributed by atoms with Gasteiger partial charge < -0.3 is 5.32 Å². The Morgan fingerprint density at radius 2 is 1.95 bits per heavy atom. The molecule has 0 aliphatic rings. The molecule has 3 aromatic rings. The van der Waals surface area contributed by atoms with Crippen molar-refractivity contribution in [1.29, 1.82) is 0 Å². The molecule has 0 bridgehead atoms. The molecule has 5 heteroatoms. The molecule has 0 radical (unpaired) electrons. The predicted octanol–water partition coefficient (Wildman–Crippen LogP) is 3.65. The molecule has 2 aromatic heterocycles. The number of rotatable bonds is 3. The molecule has 0 aliphatic heterocycles. The van der Waals surface area contributed by atoms with Crippen molar-refractivity contribution in [3.05, 3.63) is 53.9 Å². The summed E-state index contributed by atoms with van der Waals surface area (Å²) in [6.45, 7) is 1.99. The van der Waals surface area contributed by atoms with Crippen molar-refractivity contribution < 1.29 is 0 Å². The van der Waals surface area contributed by atoms with E-state index in [0.717, 1.165) is 27.8 Å². The van der Waals surface area contributed by atoms with Crippen molar-refractivity contribution in [3.63, 3.8) is 0 Å². The lowest BCUT2D eigenvalue weighted by atomic mass is 10.1. The molecular weight excluding hydrogens is 256 g/mol. The number of thiazole rings is 1. The average Bonchev–Trinajstić information content (AvgIpc) is 2.86. The summed E-state index contributed by atoms with van der Waals surface area (Å²) in [6, 6.07) is 10.0. The SMILES string of the molecule is Cc1csc(Nc2ccc(-c3ccncn3)cc2)n1. The van der Waals surface area contributed by atoms with Crippen LogP contribution in [0.25, 0.3) is 11.3 Å². The maximum absolute atomic E-state index is 4.37. The highest BCUT2D eigenvalue weighted by Gasteiger charge is 2.01. The van der Waals surface area contributed by atoms with E-state index >= 15 is 0 Å². The predicted molar refractivity (Wildman–Crippen MR) is 77.6 cm³/mol. The Morgan fingerprint density at radius 1 is 1.11 bits per heavy atom. The second-order valence-corrected chi connectivity index (χ2v) is 4.95. The van der Waals surface area contributed by atoms with Crippen molar-refractivity contribution in [2.45, 2.75) is 6.92 Å². The van der Waals surface area contributed by atoms with Crippen molar-refractivity contribution >= 4 is 22.2 Å². The molecule has 0 atom stereocenters. The minimum atomic E-state index is 0.910. The third-order valence-corrected chi connectivity index (χ3v) is 3.51. The van der Waals surface area contributed by atoms with Gasteiger partial charge in [0.25, 0.3) is 0 Å². The first kappa shape index (κ1) is 11.8. The molecule has 2 heterocycles. The minimum absolute atomic E-state index is 0.910. The molecule has 94 valence electrons. The van der Waals surface area contributed by atoms with E-state index in [1.165, 1.54) is 0 Å². The number of benzene rings is 1. The quantitative estimate of drug-likeness (QED) is 0.787. The molecule has 1 N–H and O–H groups in total. The van der Waals surface area contributed by atoms with E-state index in [1.54, 1.807) is 23.9 Å². The Hall–Kier alpha value is -2.27. The molecule has 19 heavy (non-hydrogen) atoms. The van der Waals surface area contributed by atoms with Gasteiger partial charge in [-0.3, -0.25) is 0 Å². The van der Waals surface area contributed by atoms with Gasteiger partial charge in [0, 0.05) is 22.8 Å². The number of hydrogen-bond acceptors (Lipinski definition) is 5. The van der Waals surface area contributed by atoms with Gasteiger partial charge in [-0.1, -0.05) is 12.1 Å². The number of aryl methyl sites for hydroxylation is 1. The molecule has 0 unspecified atom stereocenters. The normalized spacial score (nSPS) is 10.4. The van der Waals surface area contributed by atoms with Gasteiger partial charge in [0.2, 0.25) is 0 Å². The van der Waals surface area contributed by atoms with Gasteiger partial charge in [0.1, 0.15) is 6.33 Å². The topological polar surface area (TPSA) is 50.7 Å². The van der Waals surface area contributed by atoms with Crippen molar-refractivity contribution in [2.75, 3.05) is 5.32 Å². The van der Waals surface area contributed by atoms with Crippen LogP contribution in [0.3, 0.4) is 0 Å². The van der Waals surface area contributed by atoms with Crippen LogP contribution in [0.15, 0.2) is 48.2 Å². The van der Waals surface area contributed by atoms with E-state index in [2.05, 4.69) is 20.3 Å². The molecule has 3 rings (SSSR count). The highest BCUT2D eigenvalue weighted by atomic mass is 32.1. The lowest BCUT2D eigenvalue weighted by Crippen LogP contribution is -1.90. The Bertz CT molecular complexity index is 661. The van der Waals surface area contributed by atoms with Gasteiger partial charge in [-0.05, 0) is 25.1 Å². The van der Waals surface area contributed by atoms with E-state index in [4.69, 9.17) is 0 Å². The number of nitrogens with zero attached hydrogens (tertiary/aromatic N) is 3. The van der Waals surface area contributed by atoms with Gasteiger partial charge >= 0.3 is 0 Å². The summed E-state index contributed by atoms with van der Waals surface area (Å²) in [4.78, 5) is 12.5. The van der Waals surface area contributed by atoms with Crippen LogP contribution in [-0.2, 0) is 0 Å². The van der Waals surface area contributed by atoms with Crippen LogP contribution in [0.1, 0.15) is 5.69 Å². The molecule has 0 spiro atoms. The number of nitrogens with one attached hydrogen (secondary N) is 1. The lowest BCUT2D eigenvalue weighted by molar-refractivity contribution is 1.17. The first-order valence-electron chi connectivity index (χ1n) is 5.87. The zero-order valence-corrected chi connectivity index (χ0v) is 11.2. The van der Waals surface area contributed by atoms with Crippen molar-refractivity contribution in [2.24, 2.45) is 0 Å². The van der Waals surface area contributed by atoms with E-state index in [9.17, 15) is 0 Å². The van der Waals surface area contributed by atoms with Gasteiger partial charge in [-0.15, -0.1) is 11.3 Å². The van der Waals surface area contributed by atoms with E-state index in [-0.39, 0.29) is 0 Å². The summed E-state index contributed by atoms with van der Waals surface area (Å²) >= 11 is 1.60. The smallest absolute Gasteiger partial charge is 0.187 e. The van der Waals surface area contributed by atoms with E-state index < -0.39 is 0 Å². The lowest BCUT2D eigenvalue weighted by Gasteiger charge is -2.04. The minimum Gasteiger partial charge on any atom is -0.332 e. The summed E-state index contributed by atoms with van der Waals surface area (Å²) < 4.78 is 0. The maximum Gasteiger partial charge on any atom is 0.187 e. The zero-order valence-electron chi connectivity index (χ0n) is 10.4. The van der Waals surface area contributed by atoms with Crippen LogP contribution in [0.4, 0.5) is 10.8 Å². The number of aromatic nitrogens is 3. The monoisotopic (exact) mass is 268 g/mol. The third-order valence-electron chi connectivity index (χ3n) is 2.63. The number of anilines is 2. The summed E-state index contributed by atoms with van der Waals surface area (Å²) in [7, 11) is 0. The van der Waals surface area contributed by atoms with Crippen molar-refractivity contribution in [3.8, 4) is 11.3 Å². The van der Waals surface area contributed by atoms with E-state index in [0.29, 0.717) is 0 Å². The van der Waals surface area contributed by atoms with Crippen LogP contribution in [0.5, 0.6) is 0 Å². The molecule has 0 saturated carbocycles. The fourth-order valence-corrected chi connectivity index (χ4v) is 2.43. The first-order valence-corrected chi connectivity index (χ1v) is 6.75. The van der Waals surface area contributed by atoms with Crippen LogP contribution in [0, 0.1) is 6.92 Å². The summed E-state index contributed by atoms with van der Waals surface area (Å²) in [5.41, 5.74) is 4.05. The van der Waals surface area contributed by atoms with Gasteiger partial charge in [0.15, 0.2) is 5.13 Å². The largest absolute Gasteiger partial charge is 0.332 e. The van der Waals surface area contributed by atoms with Gasteiger partial charge in [-0.25, -0.2) is 15.0 Å². The highest BCUT2D eigenvalue weighted by Crippen LogP contribution is 2.23. The molecular formula is C14H12N4S. The second kappa shape index (κ2) is 5.16. The Balaban J connectivity index is 1.79. The summed E-state index contributed by atoms with van der Waals surface area (Å²) in [5, 5.41) is 6.21. The number of hydrogen-bond donors (Lipinski definition) is 1. The molecule has 4 nitrogen and oxygen atoms in total. The third kappa shape index (κ3) is 2.77. The molecule has 1 aromatic carbocycles. The van der Waals surface area contributed by atoms with Crippen LogP contribution in [0.2, 0.25) is 0 Å². The van der Waals surface area contributed by atoms with Crippen LogP contribution < -0.4 is 5.32 Å². The second-order valence-electron chi connectivity index (χ2n) is 4.09. The van der Waals surface area contributed by atoms with Crippen LogP contribution in [-0.4, -0.2) is 15.0 Å².